The average molecular weight is 161 g/mol. The second kappa shape index (κ2) is 3.49. The van der Waals surface area contributed by atoms with E-state index in [4.69, 9.17) is 20.3 Å². The lowest BCUT2D eigenvalue weighted by molar-refractivity contribution is -0.196. The van der Waals surface area contributed by atoms with Crippen LogP contribution in [0.5, 0.6) is 0 Å². The van der Waals surface area contributed by atoms with Crippen LogP contribution in [0.2, 0.25) is 0 Å². The van der Waals surface area contributed by atoms with E-state index < -0.39 is 6.29 Å². The Labute approximate surface area is 66.3 Å². The van der Waals surface area contributed by atoms with Gasteiger partial charge in [-0.05, 0) is 6.92 Å². The lowest BCUT2D eigenvalue weighted by atomic mass is 10.0. The third-order valence-electron chi connectivity index (χ3n) is 2.08. The fourth-order valence-corrected chi connectivity index (χ4v) is 1.31. The van der Waals surface area contributed by atoms with E-state index >= 15 is 0 Å². The molecule has 1 aliphatic rings. The zero-order valence-electron chi connectivity index (χ0n) is 6.86. The van der Waals surface area contributed by atoms with Crippen LogP contribution in [0, 0.1) is 0 Å². The van der Waals surface area contributed by atoms with E-state index in [1.165, 1.54) is 0 Å². The molecule has 4 atom stereocenters. The highest BCUT2D eigenvalue weighted by atomic mass is 16.6. The topological polar surface area (TPSA) is 64.7 Å². The van der Waals surface area contributed by atoms with Crippen molar-refractivity contribution < 1.29 is 14.6 Å². The Morgan fingerprint density at radius 2 is 2.27 bits per heavy atom. The maximum atomic E-state index is 9.14. The van der Waals surface area contributed by atoms with Crippen LogP contribution in [0.4, 0.5) is 0 Å². The Bertz CT molecular complexity index is 131. The van der Waals surface area contributed by atoms with Gasteiger partial charge in [-0.15, -0.1) is 0 Å². The van der Waals surface area contributed by atoms with Crippen molar-refractivity contribution in [3.63, 3.8) is 0 Å². The Morgan fingerprint density at radius 3 is 2.82 bits per heavy atom. The summed E-state index contributed by atoms with van der Waals surface area (Å²) in [5, 5.41) is 9.14. The molecule has 0 spiro atoms. The van der Waals surface area contributed by atoms with E-state index in [-0.39, 0.29) is 18.2 Å². The summed E-state index contributed by atoms with van der Waals surface area (Å²) in [4.78, 5) is 0. The molecule has 66 valence electrons. The van der Waals surface area contributed by atoms with Gasteiger partial charge in [0.1, 0.15) is 0 Å². The van der Waals surface area contributed by atoms with Crippen molar-refractivity contribution in [2.75, 3.05) is 7.11 Å². The molecule has 0 aromatic heterocycles. The standard InChI is InChI=1S/C7H15NO3/c1-4-7(8)5(10-2)3-6(9)11-4/h4-7,9H,3,8H2,1-2H3/t4-,5-,6-,7?/m0/s1. The highest BCUT2D eigenvalue weighted by Gasteiger charge is 2.32. The van der Waals surface area contributed by atoms with Crippen molar-refractivity contribution in [3.8, 4) is 0 Å². The molecule has 1 fully saturated rings. The minimum Gasteiger partial charge on any atom is -0.380 e. The number of ether oxygens (including phenoxy) is 2. The number of nitrogens with two attached hydrogens (primary N) is 1. The van der Waals surface area contributed by atoms with Gasteiger partial charge in [-0.2, -0.15) is 0 Å². The van der Waals surface area contributed by atoms with Crippen molar-refractivity contribution in [1.82, 2.24) is 0 Å². The van der Waals surface area contributed by atoms with E-state index in [0.29, 0.717) is 6.42 Å². The molecule has 4 heteroatoms. The van der Waals surface area contributed by atoms with Crippen LogP contribution in [0.25, 0.3) is 0 Å². The number of aliphatic hydroxyl groups excluding tert-OH is 1. The molecule has 1 unspecified atom stereocenters. The minimum absolute atomic E-state index is 0.0891. The van der Waals surface area contributed by atoms with Gasteiger partial charge in [0.2, 0.25) is 0 Å². The van der Waals surface area contributed by atoms with Crippen molar-refractivity contribution in [3.05, 3.63) is 0 Å². The summed E-state index contributed by atoms with van der Waals surface area (Å²) in [6, 6.07) is -0.136. The Balaban J connectivity index is 2.51. The second-order valence-corrected chi connectivity index (χ2v) is 2.88. The molecule has 1 aliphatic heterocycles. The molecule has 1 saturated heterocycles. The fourth-order valence-electron chi connectivity index (χ4n) is 1.31. The highest BCUT2D eigenvalue weighted by molar-refractivity contribution is 4.84. The summed E-state index contributed by atoms with van der Waals surface area (Å²) >= 11 is 0. The first-order valence-corrected chi connectivity index (χ1v) is 3.77. The van der Waals surface area contributed by atoms with E-state index in [1.54, 1.807) is 7.11 Å². The van der Waals surface area contributed by atoms with Crippen molar-refractivity contribution in [1.29, 1.82) is 0 Å². The van der Waals surface area contributed by atoms with Gasteiger partial charge in [0, 0.05) is 13.5 Å². The van der Waals surface area contributed by atoms with E-state index in [1.807, 2.05) is 6.92 Å². The van der Waals surface area contributed by atoms with Crippen LogP contribution in [-0.4, -0.2) is 36.8 Å². The van der Waals surface area contributed by atoms with Crippen LogP contribution in [-0.2, 0) is 9.47 Å². The molecule has 0 saturated carbocycles. The monoisotopic (exact) mass is 161 g/mol. The number of hydrogen-bond donors (Lipinski definition) is 2. The minimum atomic E-state index is -0.727. The highest BCUT2D eigenvalue weighted by Crippen LogP contribution is 2.18. The zero-order chi connectivity index (χ0) is 8.43. The van der Waals surface area contributed by atoms with E-state index in [0.717, 1.165) is 0 Å². The predicted molar refractivity (Wildman–Crippen MR) is 39.9 cm³/mol. The van der Waals surface area contributed by atoms with Crippen molar-refractivity contribution in [2.45, 2.75) is 37.9 Å². The third-order valence-corrected chi connectivity index (χ3v) is 2.08. The molecule has 11 heavy (non-hydrogen) atoms. The maximum absolute atomic E-state index is 9.14. The van der Waals surface area contributed by atoms with Crippen molar-refractivity contribution in [2.24, 2.45) is 5.73 Å². The average Bonchev–Trinajstić information content (AvgIpc) is 1.96. The number of methoxy groups -OCH3 is 1. The van der Waals surface area contributed by atoms with Gasteiger partial charge < -0.3 is 20.3 Å². The first-order chi connectivity index (χ1) is 5.15. The second-order valence-electron chi connectivity index (χ2n) is 2.88. The lowest BCUT2D eigenvalue weighted by Gasteiger charge is -2.35. The molecule has 0 radical (unpaired) electrons. The smallest absolute Gasteiger partial charge is 0.157 e. The first kappa shape index (κ1) is 8.93. The molecule has 3 N–H and O–H groups in total. The molecule has 0 aromatic carbocycles. The summed E-state index contributed by atoms with van der Waals surface area (Å²) in [7, 11) is 1.59. The maximum Gasteiger partial charge on any atom is 0.157 e. The number of hydrogen-bond acceptors (Lipinski definition) is 4. The number of aliphatic hydroxyl groups is 1. The molecule has 4 nitrogen and oxygen atoms in total. The number of rotatable bonds is 1. The molecule has 0 aromatic rings. The van der Waals surface area contributed by atoms with Gasteiger partial charge in [-0.1, -0.05) is 0 Å². The van der Waals surface area contributed by atoms with Crippen LogP contribution >= 0.6 is 0 Å². The molecule has 1 rings (SSSR count). The normalized spacial score (nSPS) is 45.8. The Morgan fingerprint density at radius 1 is 1.64 bits per heavy atom. The quantitative estimate of drug-likeness (QED) is 0.542. The summed E-state index contributed by atoms with van der Waals surface area (Å²) in [5.41, 5.74) is 5.73. The van der Waals surface area contributed by atoms with Gasteiger partial charge in [0.05, 0.1) is 18.2 Å². The first-order valence-electron chi connectivity index (χ1n) is 3.77. The molecular formula is C7H15NO3. The van der Waals surface area contributed by atoms with Crippen LogP contribution in [0.15, 0.2) is 0 Å². The summed E-state index contributed by atoms with van der Waals surface area (Å²) < 4.78 is 10.2. The summed E-state index contributed by atoms with van der Waals surface area (Å²) in [6.45, 7) is 1.83. The largest absolute Gasteiger partial charge is 0.380 e. The van der Waals surface area contributed by atoms with Gasteiger partial charge >= 0.3 is 0 Å². The SMILES string of the molecule is CO[C@H]1C[C@@H](O)O[C@@H](C)C1N. The van der Waals surface area contributed by atoms with Crippen LogP contribution in [0.1, 0.15) is 13.3 Å². The molecule has 0 amide bonds. The molecule has 1 heterocycles. The van der Waals surface area contributed by atoms with E-state index in [9.17, 15) is 0 Å². The van der Waals surface area contributed by atoms with Gasteiger partial charge in [0.25, 0.3) is 0 Å². The molecule has 0 bridgehead atoms. The molecular weight excluding hydrogens is 146 g/mol. The van der Waals surface area contributed by atoms with Gasteiger partial charge in [0.15, 0.2) is 6.29 Å². The van der Waals surface area contributed by atoms with Crippen LogP contribution < -0.4 is 5.73 Å². The molecule has 0 aliphatic carbocycles. The van der Waals surface area contributed by atoms with E-state index in [2.05, 4.69) is 0 Å². The lowest BCUT2D eigenvalue weighted by Crippen LogP contribution is -2.52. The fraction of sp³-hybridized carbons (Fsp3) is 1.00. The van der Waals surface area contributed by atoms with Gasteiger partial charge in [-0.3, -0.25) is 0 Å². The predicted octanol–water partition coefficient (Wildman–Crippen LogP) is -0.544. The Kier molecular flexibility index (Phi) is 2.84. The van der Waals surface area contributed by atoms with Crippen LogP contribution in [0.3, 0.4) is 0 Å². The Hall–Kier alpha value is -0.160. The van der Waals surface area contributed by atoms with Gasteiger partial charge in [-0.25, -0.2) is 0 Å². The summed E-state index contributed by atoms with van der Waals surface area (Å²) in [5.74, 6) is 0. The third kappa shape index (κ3) is 1.90. The summed E-state index contributed by atoms with van der Waals surface area (Å²) in [6.07, 6.45) is -0.491. The zero-order valence-corrected chi connectivity index (χ0v) is 6.86. The van der Waals surface area contributed by atoms with Crippen molar-refractivity contribution >= 4 is 0 Å².